The molecule has 1 fully saturated rings. The molecule has 0 amide bonds. The molecule has 0 radical (unpaired) electrons. The van der Waals surface area contributed by atoms with Crippen LogP contribution in [0, 0.1) is 10.1 Å². The Kier molecular flexibility index (Phi) is 7.16. The quantitative estimate of drug-likeness (QED) is 0.250. The molecule has 5 rings (SSSR count). The van der Waals surface area contributed by atoms with Crippen LogP contribution in [0.15, 0.2) is 53.3 Å². The summed E-state index contributed by atoms with van der Waals surface area (Å²) in [5.41, 5.74) is 2.13. The predicted molar refractivity (Wildman–Crippen MR) is 132 cm³/mol. The van der Waals surface area contributed by atoms with Crippen LogP contribution < -0.4 is 5.32 Å². The number of piperazine rings is 1. The van der Waals surface area contributed by atoms with E-state index in [0.29, 0.717) is 31.1 Å². The van der Waals surface area contributed by atoms with E-state index in [9.17, 15) is 15.2 Å². The van der Waals surface area contributed by atoms with Crippen molar-refractivity contribution >= 4 is 22.5 Å². The normalized spacial score (nSPS) is 14.9. The summed E-state index contributed by atoms with van der Waals surface area (Å²) in [5, 5.41) is 23.6. The standard InChI is InChI=1S/C24H28N8O4/c33-17-19-4-3-18(36-19)15-31-23(28-21-2-1-6-27-24(21)31)16-30-12-10-29(11-13-30)9-8-26-20-5-7-25-14-22(20)32(34)35/h1-7,14,33H,8-13,15-17H2,(H,25,26). The van der Waals surface area contributed by atoms with E-state index in [1.807, 2.05) is 18.2 Å². The molecular formula is C24H28N8O4. The highest BCUT2D eigenvalue weighted by atomic mass is 16.6. The maximum atomic E-state index is 11.2. The van der Waals surface area contributed by atoms with Gasteiger partial charge in [-0.2, -0.15) is 0 Å². The van der Waals surface area contributed by atoms with Crippen molar-refractivity contribution < 1.29 is 14.4 Å². The monoisotopic (exact) mass is 492 g/mol. The number of hydrogen-bond acceptors (Lipinski definition) is 10. The Morgan fingerprint density at radius 3 is 2.64 bits per heavy atom. The van der Waals surface area contributed by atoms with Gasteiger partial charge in [0.25, 0.3) is 0 Å². The van der Waals surface area contributed by atoms with Crippen LogP contribution in [0.3, 0.4) is 0 Å². The summed E-state index contributed by atoms with van der Waals surface area (Å²) < 4.78 is 7.79. The van der Waals surface area contributed by atoms with E-state index in [1.165, 1.54) is 6.20 Å². The number of anilines is 1. The Morgan fingerprint density at radius 1 is 1.06 bits per heavy atom. The summed E-state index contributed by atoms with van der Waals surface area (Å²) in [6.45, 7) is 6.05. The Hall–Kier alpha value is -3.87. The average molecular weight is 493 g/mol. The molecule has 36 heavy (non-hydrogen) atoms. The molecule has 5 heterocycles. The summed E-state index contributed by atoms with van der Waals surface area (Å²) in [4.78, 5) is 28.7. The number of aliphatic hydroxyl groups is 1. The van der Waals surface area contributed by atoms with Gasteiger partial charge < -0.3 is 19.4 Å². The van der Waals surface area contributed by atoms with E-state index in [2.05, 4.69) is 29.7 Å². The van der Waals surface area contributed by atoms with Crippen LogP contribution in [0.25, 0.3) is 11.2 Å². The number of nitro groups is 1. The van der Waals surface area contributed by atoms with Crippen LogP contribution in [-0.2, 0) is 19.7 Å². The highest BCUT2D eigenvalue weighted by Gasteiger charge is 2.21. The molecule has 12 nitrogen and oxygen atoms in total. The Morgan fingerprint density at radius 2 is 1.86 bits per heavy atom. The van der Waals surface area contributed by atoms with Crippen LogP contribution in [0.2, 0.25) is 0 Å². The van der Waals surface area contributed by atoms with Gasteiger partial charge in [-0.25, -0.2) is 9.97 Å². The molecule has 1 saturated heterocycles. The summed E-state index contributed by atoms with van der Waals surface area (Å²) in [5.74, 6) is 2.20. The van der Waals surface area contributed by atoms with Gasteiger partial charge >= 0.3 is 5.69 Å². The van der Waals surface area contributed by atoms with Crippen molar-refractivity contribution in [1.29, 1.82) is 0 Å². The molecule has 0 saturated carbocycles. The smallest absolute Gasteiger partial charge is 0.310 e. The molecule has 4 aromatic rings. The van der Waals surface area contributed by atoms with Crippen molar-refractivity contribution in [3.05, 3.63) is 76.4 Å². The first-order chi connectivity index (χ1) is 17.6. The van der Waals surface area contributed by atoms with Crippen LogP contribution in [-0.4, -0.2) is 78.6 Å². The fraction of sp³-hybridized carbons (Fsp3) is 0.375. The van der Waals surface area contributed by atoms with Gasteiger partial charge in [0.05, 0.1) is 18.0 Å². The van der Waals surface area contributed by atoms with Gasteiger partial charge in [0.2, 0.25) is 0 Å². The lowest BCUT2D eigenvalue weighted by molar-refractivity contribution is -0.384. The maximum Gasteiger partial charge on any atom is 0.310 e. The molecule has 0 unspecified atom stereocenters. The van der Waals surface area contributed by atoms with Crippen LogP contribution in [0.4, 0.5) is 11.4 Å². The number of fused-ring (bicyclic) bond motifs is 1. The molecule has 0 aliphatic carbocycles. The molecular weight excluding hydrogens is 464 g/mol. The maximum absolute atomic E-state index is 11.2. The van der Waals surface area contributed by atoms with Crippen molar-refractivity contribution in [3.63, 3.8) is 0 Å². The van der Waals surface area contributed by atoms with Gasteiger partial charge in [-0.1, -0.05) is 0 Å². The van der Waals surface area contributed by atoms with Crippen LogP contribution in [0.1, 0.15) is 17.3 Å². The number of furan rings is 1. The van der Waals surface area contributed by atoms with Crippen molar-refractivity contribution in [2.75, 3.05) is 44.6 Å². The third-order valence-corrected chi connectivity index (χ3v) is 6.34. The highest BCUT2D eigenvalue weighted by molar-refractivity contribution is 5.71. The van der Waals surface area contributed by atoms with Crippen molar-refractivity contribution in [1.82, 2.24) is 29.3 Å². The SMILES string of the molecule is O=[N+]([O-])c1cnccc1NCCN1CCN(Cc2nc3cccnc3n2Cc2ccc(CO)o2)CC1. The van der Waals surface area contributed by atoms with Crippen molar-refractivity contribution in [2.45, 2.75) is 19.7 Å². The molecule has 188 valence electrons. The minimum atomic E-state index is -0.422. The Bertz CT molecular complexity index is 1330. The van der Waals surface area contributed by atoms with Crippen LogP contribution in [0.5, 0.6) is 0 Å². The van der Waals surface area contributed by atoms with E-state index in [-0.39, 0.29) is 12.3 Å². The van der Waals surface area contributed by atoms with Gasteiger partial charge in [-0.3, -0.25) is 24.9 Å². The van der Waals surface area contributed by atoms with E-state index in [0.717, 1.165) is 55.5 Å². The van der Waals surface area contributed by atoms with Crippen LogP contribution >= 0.6 is 0 Å². The fourth-order valence-electron chi connectivity index (χ4n) is 4.44. The minimum Gasteiger partial charge on any atom is -0.462 e. The van der Waals surface area contributed by atoms with E-state index < -0.39 is 4.92 Å². The third-order valence-electron chi connectivity index (χ3n) is 6.34. The van der Waals surface area contributed by atoms with Gasteiger partial charge in [-0.05, 0) is 30.3 Å². The lowest BCUT2D eigenvalue weighted by Crippen LogP contribution is -2.47. The summed E-state index contributed by atoms with van der Waals surface area (Å²) in [7, 11) is 0. The van der Waals surface area contributed by atoms with Gasteiger partial charge in [-0.15, -0.1) is 0 Å². The number of imidazole rings is 1. The number of nitrogens with one attached hydrogen (secondary N) is 1. The minimum absolute atomic E-state index is 0.0122. The number of pyridine rings is 2. The molecule has 1 aliphatic rings. The largest absolute Gasteiger partial charge is 0.462 e. The number of aromatic nitrogens is 4. The Labute approximate surface area is 207 Å². The first-order valence-corrected chi connectivity index (χ1v) is 11.9. The van der Waals surface area contributed by atoms with Gasteiger partial charge in [0.15, 0.2) is 5.65 Å². The fourth-order valence-corrected chi connectivity index (χ4v) is 4.44. The van der Waals surface area contributed by atoms with Crippen molar-refractivity contribution in [2.24, 2.45) is 0 Å². The second-order valence-electron chi connectivity index (χ2n) is 8.68. The first kappa shape index (κ1) is 23.9. The van der Waals surface area contributed by atoms with Crippen molar-refractivity contribution in [3.8, 4) is 0 Å². The predicted octanol–water partition coefficient (Wildman–Crippen LogP) is 2.10. The molecule has 0 atom stereocenters. The molecule has 0 aromatic carbocycles. The number of rotatable bonds is 10. The molecule has 4 aromatic heterocycles. The molecule has 0 spiro atoms. The zero-order valence-electron chi connectivity index (χ0n) is 19.8. The lowest BCUT2D eigenvalue weighted by atomic mass is 10.3. The second-order valence-corrected chi connectivity index (χ2v) is 8.68. The molecule has 12 heteroatoms. The topological polar surface area (TPSA) is 139 Å². The Balaban J connectivity index is 1.18. The second kappa shape index (κ2) is 10.8. The lowest BCUT2D eigenvalue weighted by Gasteiger charge is -2.34. The summed E-state index contributed by atoms with van der Waals surface area (Å²) in [6.07, 6.45) is 4.58. The number of nitrogens with zero attached hydrogens (tertiary/aromatic N) is 7. The first-order valence-electron chi connectivity index (χ1n) is 11.9. The molecule has 2 N–H and O–H groups in total. The zero-order valence-corrected chi connectivity index (χ0v) is 19.8. The summed E-state index contributed by atoms with van der Waals surface area (Å²) in [6, 6.07) is 9.12. The highest BCUT2D eigenvalue weighted by Crippen LogP contribution is 2.22. The van der Waals surface area contributed by atoms with Gasteiger partial charge in [0.1, 0.15) is 41.4 Å². The third kappa shape index (κ3) is 5.35. The van der Waals surface area contributed by atoms with E-state index in [1.54, 1.807) is 24.5 Å². The zero-order chi connectivity index (χ0) is 24.9. The molecule has 0 bridgehead atoms. The number of hydrogen-bond donors (Lipinski definition) is 2. The summed E-state index contributed by atoms with van der Waals surface area (Å²) >= 11 is 0. The van der Waals surface area contributed by atoms with E-state index >= 15 is 0 Å². The average Bonchev–Trinajstić information content (AvgIpc) is 3.50. The number of aliphatic hydroxyl groups excluding tert-OH is 1. The van der Waals surface area contributed by atoms with Gasteiger partial charge in [0, 0.05) is 51.7 Å². The van der Waals surface area contributed by atoms with E-state index in [4.69, 9.17) is 9.40 Å². The molecule has 1 aliphatic heterocycles.